The molecule has 5 nitrogen and oxygen atoms in total. The summed E-state index contributed by atoms with van der Waals surface area (Å²) in [7, 11) is -1.54. The van der Waals surface area contributed by atoms with Crippen molar-refractivity contribution >= 4 is 9.84 Å². The monoisotopic (exact) mass is 315 g/mol. The fourth-order valence-corrected chi connectivity index (χ4v) is 2.44. The van der Waals surface area contributed by atoms with Crippen LogP contribution in [-0.4, -0.2) is 47.6 Å². The van der Waals surface area contributed by atoms with Gasteiger partial charge in [0.25, 0.3) is 0 Å². The minimum absolute atomic E-state index is 0.113. The van der Waals surface area contributed by atoms with Crippen molar-refractivity contribution in [1.82, 2.24) is 5.32 Å². The summed E-state index contributed by atoms with van der Waals surface area (Å²) < 4.78 is 33.8. The van der Waals surface area contributed by atoms with Crippen LogP contribution in [0.15, 0.2) is 29.2 Å². The van der Waals surface area contributed by atoms with Gasteiger partial charge in [-0.25, -0.2) is 8.42 Å². The van der Waals surface area contributed by atoms with E-state index in [0.717, 1.165) is 6.54 Å². The van der Waals surface area contributed by atoms with Gasteiger partial charge in [-0.3, -0.25) is 0 Å². The van der Waals surface area contributed by atoms with Gasteiger partial charge in [0.1, 0.15) is 11.9 Å². The van der Waals surface area contributed by atoms with Crippen LogP contribution in [0.3, 0.4) is 0 Å². The smallest absolute Gasteiger partial charge is 0.175 e. The molecule has 0 saturated heterocycles. The summed E-state index contributed by atoms with van der Waals surface area (Å²) in [5, 5.41) is 3.32. The molecule has 0 bridgehead atoms. The highest BCUT2D eigenvalue weighted by atomic mass is 32.2. The average molecular weight is 315 g/mol. The molecule has 0 aromatic heterocycles. The maximum atomic E-state index is 11.4. The Bertz CT molecular complexity index is 511. The number of nitrogens with one attached hydrogen (secondary N) is 1. The molecule has 0 aliphatic heterocycles. The second kappa shape index (κ2) is 8.36. The standard InChI is InChI=1S/C15H25NO4S/c1-12(2)9-16-10-14(11-19-3)20-13-5-7-15(8-6-13)21(4,17)18/h5-8,12,14,16H,9-11H2,1-4H3. The molecule has 1 unspecified atom stereocenters. The summed E-state index contributed by atoms with van der Waals surface area (Å²) in [4.78, 5) is 0.288. The number of benzene rings is 1. The first-order valence-corrected chi connectivity index (χ1v) is 8.88. The van der Waals surface area contributed by atoms with Crippen molar-refractivity contribution in [2.45, 2.75) is 24.8 Å². The van der Waals surface area contributed by atoms with E-state index in [1.807, 2.05) is 0 Å². The number of sulfone groups is 1. The Balaban J connectivity index is 2.62. The fraction of sp³-hybridized carbons (Fsp3) is 0.600. The Morgan fingerprint density at radius 1 is 1.14 bits per heavy atom. The van der Waals surface area contributed by atoms with E-state index >= 15 is 0 Å². The van der Waals surface area contributed by atoms with Crippen molar-refractivity contribution in [1.29, 1.82) is 0 Å². The zero-order valence-electron chi connectivity index (χ0n) is 13.1. The predicted molar refractivity (Wildman–Crippen MR) is 83.6 cm³/mol. The SMILES string of the molecule is COCC(CNCC(C)C)Oc1ccc(S(C)(=O)=O)cc1. The van der Waals surface area contributed by atoms with Crippen LogP contribution < -0.4 is 10.1 Å². The third-order valence-corrected chi connectivity index (χ3v) is 3.96. The van der Waals surface area contributed by atoms with E-state index in [4.69, 9.17) is 9.47 Å². The predicted octanol–water partition coefficient (Wildman–Crippen LogP) is 1.73. The van der Waals surface area contributed by atoms with Crippen LogP contribution >= 0.6 is 0 Å². The molecule has 1 aromatic carbocycles. The lowest BCUT2D eigenvalue weighted by atomic mass is 10.2. The summed E-state index contributed by atoms with van der Waals surface area (Å²) in [5.41, 5.74) is 0. The Morgan fingerprint density at radius 2 is 1.76 bits per heavy atom. The largest absolute Gasteiger partial charge is 0.487 e. The highest BCUT2D eigenvalue weighted by Crippen LogP contribution is 2.17. The maximum Gasteiger partial charge on any atom is 0.175 e. The van der Waals surface area contributed by atoms with E-state index in [1.165, 1.54) is 6.26 Å². The molecule has 21 heavy (non-hydrogen) atoms. The molecule has 1 N–H and O–H groups in total. The van der Waals surface area contributed by atoms with Crippen molar-refractivity contribution in [2.24, 2.45) is 5.92 Å². The minimum Gasteiger partial charge on any atom is -0.487 e. The number of rotatable bonds is 9. The molecule has 1 aromatic rings. The quantitative estimate of drug-likeness (QED) is 0.752. The Kier molecular flexibility index (Phi) is 7.14. The summed E-state index contributed by atoms with van der Waals surface area (Å²) in [6, 6.07) is 6.44. The Hall–Kier alpha value is -1.11. The Labute approximate surface area is 127 Å². The van der Waals surface area contributed by atoms with Gasteiger partial charge >= 0.3 is 0 Å². The van der Waals surface area contributed by atoms with Crippen LogP contribution in [0.2, 0.25) is 0 Å². The van der Waals surface area contributed by atoms with Gasteiger partial charge < -0.3 is 14.8 Å². The van der Waals surface area contributed by atoms with Crippen LogP contribution in [-0.2, 0) is 14.6 Å². The van der Waals surface area contributed by atoms with Crippen molar-refractivity contribution in [3.05, 3.63) is 24.3 Å². The molecule has 0 spiro atoms. The molecule has 0 radical (unpaired) electrons. The summed E-state index contributed by atoms with van der Waals surface area (Å²) in [6.07, 6.45) is 1.07. The molecule has 0 heterocycles. The molecule has 6 heteroatoms. The number of methoxy groups -OCH3 is 1. The van der Waals surface area contributed by atoms with Gasteiger partial charge in [-0.1, -0.05) is 13.8 Å². The Morgan fingerprint density at radius 3 is 2.24 bits per heavy atom. The van der Waals surface area contributed by atoms with Gasteiger partial charge in [0, 0.05) is 19.9 Å². The van der Waals surface area contributed by atoms with E-state index in [0.29, 0.717) is 24.8 Å². The lowest BCUT2D eigenvalue weighted by Gasteiger charge is -2.19. The van der Waals surface area contributed by atoms with E-state index in [-0.39, 0.29) is 11.0 Å². The number of hydrogen-bond acceptors (Lipinski definition) is 5. The van der Waals surface area contributed by atoms with Gasteiger partial charge in [0.05, 0.1) is 11.5 Å². The van der Waals surface area contributed by atoms with Crippen molar-refractivity contribution < 1.29 is 17.9 Å². The van der Waals surface area contributed by atoms with Gasteiger partial charge in [-0.05, 0) is 36.7 Å². The molecular weight excluding hydrogens is 290 g/mol. The third kappa shape index (κ3) is 6.93. The van der Waals surface area contributed by atoms with Gasteiger partial charge in [-0.15, -0.1) is 0 Å². The molecule has 1 atom stereocenters. The van der Waals surface area contributed by atoms with Crippen LogP contribution in [0.25, 0.3) is 0 Å². The van der Waals surface area contributed by atoms with Crippen LogP contribution in [0, 0.1) is 5.92 Å². The number of hydrogen-bond donors (Lipinski definition) is 1. The normalized spacial score (nSPS) is 13.4. The van der Waals surface area contributed by atoms with Crippen molar-refractivity contribution in [2.75, 3.05) is 33.1 Å². The first kappa shape index (κ1) is 17.9. The third-order valence-electron chi connectivity index (χ3n) is 2.83. The molecule has 120 valence electrons. The van der Waals surface area contributed by atoms with Crippen LogP contribution in [0.4, 0.5) is 0 Å². The zero-order valence-corrected chi connectivity index (χ0v) is 13.9. The van der Waals surface area contributed by atoms with Gasteiger partial charge in [-0.2, -0.15) is 0 Å². The minimum atomic E-state index is -3.17. The molecule has 0 aliphatic rings. The highest BCUT2D eigenvalue weighted by Gasteiger charge is 2.12. The van der Waals surface area contributed by atoms with Crippen LogP contribution in [0.5, 0.6) is 5.75 Å². The molecular formula is C15H25NO4S. The molecule has 0 fully saturated rings. The van der Waals surface area contributed by atoms with E-state index in [2.05, 4.69) is 19.2 Å². The highest BCUT2D eigenvalue weighted by molar-refractivity contribution is 7.90. The first-order valence-electron chi connectivity index (χ1n) is 6.99. The number of ether oxygens (including phenoxy) is 2. The van der Waals surface area contributed by atoms with Crippen molar-refractivity contribution in [3.63, 3.8) is 0 Å². The topological polar surface area (TPSA) is 64.6 Å². The van der Waals surface area contributed by atoms with Crippen molar-refractivity contribution in [3.8, 4) is 5.75 Å². The van der Waals surface area contributed by atoms with Gasteiger partial charge in [0.15, 0.2) is 9.84 Å². The average Bonchev–Trinajstić information content (AvgIpc) is 2.38. The summed E-state index contributed by atoms with van der Waals surface area (Å²) in [6.45, 7) is 6.35. The molecule has 1 rings (SSSR count). The van der Waals surface area contributed by atoms with Crippen LogP contribution in [0.1, 0.15) is 13.8 Å². The first-order chi connectivity index (χ1) is 9.82. The molecule has 0 aliphatic carbocycles. The fourth-order valence-electron chi connectivity index (χ4n) is 1.81. The maximum absolute atomic E-state index is 11.4. The van der Waals surface area contributed by atoms with E-state index in [9.17, 15) is 8.42 Å². The zero-order chi connectivity index (χ0) is 15.9. The lowest BCUT2D eigenvalue weighted by Crippen LogP contribution is -2.36. The van der Waals surface area contributed by atoms with E-state index < -0.39 is 9.84 Å². The second-order valence-corrected chi connectivity index (χ2v) is 7.51. The lowest BCUT2D eigenvalue weighted by molar-refractivity contribution is 0.0802. The summed E-state index contributed by atoms with van der Waals surface area (Å²) in [5.74, 6) is 1.21. The van der Waals surface area contributed by atoms with E-state index in [1.54, 1.807) is 31.4 Å². The molecule has 0 saturated carbocycles. The van der Waals surface area contributed by atoms with Gasteiger partial charge in [0.2, 0.25) is 0 Å². The second-order valence-electron chi connectivity index (χ2n) is 5.49. The summed E-state index contributed by atoms with van der Waals surface area (Å²) >= 11 is 0. The molecule has 0 amide bonds.